The van der Waals surface area contributed by atoms with Crippen molar-refractivity contribution in [1.82, 2.24) is 5.32 Å². The van der Waals surface area contributed by atoms with Gasteiger partial charge >= 0.3 is 0 Å². The standard InChI is InChI=1S/C18H18BrNO2/c1-18(2)11-15(13-8-4-6-10-16(13)22-18)20-17(21)12-7-3-5-9-14(12)19/h3-10,15H,11H2,1-2H3,(H,20,21)/t15-/m0/s1. The van der Waals surface area contributed by atoms with Crippen LogP contribution in [0.3, 0.4) is 0 Å². The molecular weight excluding hydrogens is 342 g/mol. The number of fused-ring (bicyclic) bond motifs is 1. The summed E-state index contributed by atoms with van der Waals surface area (Å²) in [5.41, 5.74) is 1.37. The Morgan fingerprint density at radius 3 is 2.64 bits per heavy atom. The van der Waals surface area contributed by atoms with E-state index in [1.807, 2.05) is 62.4 Å². The van der Waals surface area contributed by atoms with Gasteiger partial charge in [0.1, 0.15) is 11.4 Å². The Bertz CT molecular complexity index is 712. The summed E-state index contributed by atoms with van der Waals surface area (Å²) < 4.78 is 6.80. The SMILES string of the molecule is CC1(C)C[C@H](NC(=O)c2ccccc2Br)c2ccccc2O1. The van der Waals surface area contributed by atoms with E-state index in [2.05, 4.69) is 21.2 Å². The van der Waals surface area contributed by atoms with Gasteiger partial charge in [-0.2, -0.15) is 0 Å². The minimum Gasteiger partial charge on any atom is -0.487 e. The van der Waals surface area contributed by atoms with Crippen molar-refractivity contribution in [1.29, 1.82) is 0 Å². The topological polar surface area (TPSA) is 38.3 Å². The van der Waals surface area contributed by atoms with Gasteiger partial charge in [0.2, 0.25) is 0 Å². The third kappa shape index (κ3) is 3.02. The molecule has 0 saturated heterocycles. The van der Waals surface area contributed by atoms with E-state index in [1.54, 1.807) is 0 Å². The molecule has 2 aromatic rings. The zero-order valence-electron chi connectivity index (χ0n) is 12.6. The van der Waals surface area contributed by atoms with Gasteiger partial charge in [-0.1, -0.05) is 30.3 Å². The van der Waals surface area contributed by atoms with Crippen LogP contribution in [0.25, 0.3) is 0 Å². The van der Waals surface area contributed by atoms with Crippen molar-refractivity contribution in [3.8, 4) is 5.75 Å². The van der Waals surface area contributed by atoms with Crippen molar-refractivity contribution in [3.05, 3.63) is 64.1 Å². The molecule has 1 amide bonds. The highest BCUT2D eigenvalue weighted by atomic mass is 79.9. The number of para-hydroxylation sites is 1. The van der Waals surface area contributed by atoms with Crippen LogP contribution in [0.5, 0.6) is 5.75 Å². The average molecular weight is 360 g/mol. The van der Waals surface area contributed by atoms with Crippen LogP contribution in [-0.4, -0.2) is 11.5 Å². The molecule has 0 unspecified atom stereocenters. The van der Waals surface area contributed by atoms with E-state index in [0.717, 1.165) is 22.2 Å². The highest BCUT2D eigenvalue weighted by molar-refractivity contribution is 9.10. The number of carbonyl (C=O) groups is 1. The largest absolute Gasteiger partial charge is 0.487 e. The molecule has 22 heavy (non-hydrogen) atoms. The minimum atomic E-state index is -0.305. The molecule has 1 aliphatic heterocycles. The van der Waals surface area contributed by atoms with Gasteiger partial charge in [0.05, 0.1) is 11.6 Å². The molecule has 114 valence electrons. The maximum absolute atomic E-state index is 12.6. The lowest BCUT2D eigenvalue weighted by Gasteiger charge is -2.37. The Labute approximate surface area is 138 Å². The van der Waals surface area contributed by atoms with Gasteiger partial charge in [0, 0.05) is 16.5 Å². The van der Waals surface area contributed by atoms with Crippen molar-refractivity contribution >= 4 is 21.8 Å². The summed E-state index contributed by atoms with van der Waals surface area (Å²) in [5, 5.41) is 3.14. The van der Waals surface area contributed by atoms with Crippen LogP contribution in [0.2, 0.25) is 0 Å². The van der Waals surface area contributed by atoms with Crippen molar-refractivity contribution in [2.75, 3.05) is 0 Å². The van der Waals surface area contributed by atoms with Gasteiger partial charge in [-0.05, 0) is 48.0 Å². The summed E-state index contributed by atoms with van der Waals surface area (Å²) in [6, 6.07) is 15.3. The molecule has 0 bridgehead atoms. The fourth-order valence-corrected chi connectivity index (χ4v) is 3.28. The molecule has 1 aliphatic rings. The highest BCUT2D eigenvalue weighted by Crippen LogP contribution is 2.39. The average Bonchev–Trinajstić information content (AvgIpc) is 2.46. The summed E-state index contributed by atoms with van der Waals surface area (Å²) >= 11 is 3.43. The second-order valence-corrected chi connectivity index (χ2v) is 6.96. The van der Waals surface area contributed by atoms with E-state index in [1.165, 1.54) is 0 Å². The molecule has 0 saturated carbocycles. The van der Waals surface area contributed by atoms with Crippen LogP contribution >= 0.6 is 15.9 Å². The molecule has 1 N–H and O–H groups in total. The molecular formula is C18H18BrNO2. The second-order valence-electron chi connectivity index (χ2n) is 6.11. The van der Waals surface area contributed by atoms with Gasteiger partial charge in [-0.25, -0.2) is 0 Å². The van der Waals surface area contributed by atoms with Gasteiger partial charge in [0.25, 0.3) is 5.91 Å². The summed E-state index contributed by atoms with van der Waals surface area (Å²) in [6.45, 7) is 4.08. The molecule has 0 radical (unpaired) electrons. The molecule has 4 heteroatoms. The molecule has 0 aliphatic carbocycles. The van der Waals surface area contributed by atoms with Crippen LogP contribution in [0, 0.1) is 0 Å². The van der Waals surface area contributed by atoms with E-state index in [9.17, 15) is 4.79 Å². The van der Waals surface area contributed by atoms with E-state index in [-0.39, 0.29) is 17.6 Å². The number of hydrogen-bond acceptors (Lipinski definition) is 2. The van der Waals surface area contributed by atoms with Gasteiger partial charge < -0.3 is 10.1 Å². The van der Waals surface area contributed by atoms with Gasteiger partial charge in [-0.15, -0.1) is 0 Å². The number of rotatable bonds is 2. The molecule has 1 heterocycles. The van der Waals surface area contributed by atoms with Crippen molar-refractivity contribution in [2.45, 2.75) is 31.9 Å². The first-order chi connectivity index (χ1) is 10.5. The number of amides is 1. The monoisotopic (exact) mass is 359 g/mol. The normalized spacial score (nSPS) is 19.0. The lowest BCUT2D eigenvalue weighted by atomic mass is 9.89. The Morgan fingerprint density at radius 2 is 1.86 bits per heavy atom. The summed E-state index contributed by atoms with van der Waals surface area (Å²) in [4.78, 5) is 12.6. The Morgan fingerprint density at radius 1 is 1.18 bits per heavy atom. The Balaban J connectivity index is 1.89. The number of nitrogens with one attached hydrogen (secondary N) is 1. The van der Waals surface area contributed by atoms with Crippen LogP contribution in [0.15, 0.2) is 53.0 Å². The summed E-state index contributed by atoms with van der Waals surface area (Å²) in [5.74, 6) is 0.765. The van der Waals surface area contributed by atoms with E-state index in [4.69, 9.17) is 4.74 Å². The van der Waals surface area contributed by atoms with Crippen molar-refractivity contribution in [3.63, 3.8) is 0 Å². The quantitative estimate of drug-likeness (QED) is 0.858. The third-order valence-electron chi connectivity index (χ3n) is 3.80. The molecule has 0 aromatic heterocycles. The predicted octanol–water partition coefficient (Wildman–Crippen LogP) is 4.48. The van der Waals surface area contributed by atoms with E-state index >= 15 is 0 Å². The Hall–Kier alpha value is -1.81. The summed E-state index contributed by atoms with van der Waals surface area (Å²) in [7, 11) is 0. The van der Waals surface area contributed by atoms with Gasteiger partial charge in [0.15, 0.2) is 0 Å². The van der Waals surface area contributed by atoms with E-state index < -0.39 is 0 Å². The fraction of sp³-hybridized carbons (Fsp3) is 0.278. The zero-order chi connectivity index (χ0) is 15.7. The first kappa shape index (κ1) is 15.1. The first-order valence-electron chi connectivity index (χ1n) is 7.30. The second kappa shape index (κ2) is 5.76. The molecule has 2 aromatic carbocycles. The van der Waals surface area contributed by atoms with Crippen molar-refractivity contribution in [2.24, 2.45) is 0 Å². The van der Waals surface area contributed by atoms with E-state index in [0.29, 0.717) is 5.56 Å². The zero-order valence-corrected chi connectivity index (χ0v) is 14.2. The number of hydrogen-bond donors (Lipinski definition) is 1. The lowest BCUT2D eigenvalue weighted by Crippen LogP contribution is -2.41. The summed E-state index contributed by atoms with van der Waals surface area (Å²) in [6.07, 6.45) is 0.736. The van der Waals surface area contributed by atoms with Crippen LogP contribution in [-0.2, 0) is 0 Å². The first-order valence-corrected chi connectivity index (χ1v) is 8.09. The third-order valence-corrected chi connectivity index (χ3v) is 4.49. The number of ether oxygens (including phenoxy) is 1. The van der Waals surface area contributed by atoms with Gasteiger partial charge in [-0.3, -0.25) is 4.79 Å². The fourth-order valence-electron chi connectivity index (χ4n) is 2.81. The van der Waals surface area contributed by atoms with Crippen LogP contribution < -0.4 is 10.1 Å². The van der Waals surface area contributed by atoms with Crippen molar-refractivity contribution < 1.29 is 9.53 Å². The maximum Gasteiger partial charge on any atom is 0.252 e. The minimum absolute atomic E-state index is 0.0560. The van der Waals surface area contributed by atoms with Crippen LogP contribution in [0.4, 0.5) is 0 Å². The number of benzene rings is 2. The molecule has 3 nitrogen and oxygen atoms in total. The smallest absolute Gasteiger partial charge is 0.252 e. The number of halogens is 1. The molecule has 1 atom stereocenters. The molecule has 0 fully saturated rings. The number of carbonyl (C=O) groups excluding carboxylic acids is 1. The lowest BCUT2D eigenvalue weighted by molar-refractivity contribution is 0.0619. The molecule has 0 spiro atoms. The maximum atomic E-state index is 12.6. The molecule has 3 rings (SSSR count). The highest BCUT2D eigenvalue weighted by Gasteiger charge is 2.34. The van der Waals surface area contributed by atoms with Crippen LogP contribution in [0.1, 0.15) is 42.2 Å². The Kier molecular flexibility index (Phi) is 3.96. The predicted molar refractivity (Wildman–Crippen MR) is 90.1 cm³/mol.